The molecule has 1 aliphatic heterocycles. The Morgan fingerprint density at radius 3 is 2.63 bits per heavy atom. The van der Waals surface area contributed by atoms with Crippen LogP contribution in [0.25, 0.3) is 0 Å². The van der Waals surface area contributed by atoms with E-state index >= 15 is 0 Å². The average Bonchev–Trinajstić information content (AvgIpc) is 3.24. The topological polar surface area (TPSA) is 93.7 Å². The zero-order valence-corrected chi connectivity index (χ0v) is 18.4. The van der Waals surface area contributed by atoms with E-state index in [1.54, 1.807) is 24.3 Å². The van der Waals surface area contributed by atoms with Gasteiger partial charge in [-0.25, -0.2) is 8.42 Å². The lowest BCUT2D eigenvalue weighted by Crippen LogP contribution is -2.41. The number of hydrogen-bond donors (Lipinski definition) is 2. The molecular formula is C21H25ClN2O5S. The van der Waals surface area contributed by atoms with Crippen LogP contribution in [0.5, 0.6) is 5.75 Å². The third kappa shape index (κ3) is 5.44. The second kappa shape index (κ2) is 9.68. The molecule has 2 aromatic rings. The maximum absolute atomic E-state index is 12.8. The SMILES string of the molecule is CCOc1ccc(NS(=O)(=O)c2ccc(Cl)c(C(=O)NC(C)C3CCCO3)c2)cc1. The Labute approximate surface area is 181 Å². The summed E-state index contributed by atoms with van der Waals surface area (Å²) in [5, 5.41) is 3.02. The summed E-state index contributed by atoms with van der Waals surface area (Å²) in [7, 11) is -3.91. The zero-order chi connectivity index (χ0) is 21.7. The Kier molecular flexibility index (Phi) is 7.23. The molecule has 0 spiro atoms. The van der Waals surface area contributed by atoms with Gasteiger partial charge in [0.25, 0.3) is 15.9 Å². The Morgan fingerprint density at radius 1 is 1.27 bits per heavy atom. The van der Waals surface area contributed by atoms with Crippen molar-refractivity contribution in [1.82, 2.24) is 5.32 Å². The van der Waals surface area contributed by atoms with Gasteiger partial charge in [-0.05, 0) is 69.2 Å². The van der Waals surface area contributed by atoms with Gasteiger partial charge in [-0.3, -0.25) is 9.52 Å². The Bertz CT molecular complexity index is 989. The fraction of sp³-hybridized carbons (Fsp3) is 0.381. The molecule has 1 heterocycles. The average molecular weight is 453 g/mol. The van der Waals surface area contributed by atoms with E-state index < -0.39 is 15.9 Å². The monoisotopic (exact) mass is 452 g/mol. The van der Waals surface area contributed by atoms with Crippen LogP contribution in [0, 0.1) is 0 Å². The minimum atomic E-state index is -3.91. The number of benzene rings is 2. The Balaban J connectivity index is 1.76. The van der Waals surface area contributed by atoms with Crippen LogP contribution < -0.4 is 14.8 Å². The Morgan fingerprint density at radius 2 is 2.00 bits per heavy atom. The van der Waals surface area contributed by atoms with Crippen LogP contribution in [0.4, 0.5) is 5.69 Å². The molecule has 3 rings (SSSR count). The summed E-state index contributed by atoms with van der Waals surface area (Å²) >= 11 is 6.17. The van der Waals surface area contributed by atoms with Crippen LogP contribution in [0.3, 0.4) is 0 Å². The molecule has 162 valence electrons. The van der Waals surface area contributed by atoms with Crippen molar-refractivity contribution < 1.29 is 22.7 Å². The highest BCUT2D eigenvalue weighted by atomic mass is 35.5. The summed E-state index contributed by atoms with van der Waals surface area (Å²) in [5.41, 5.74) is 0.475. The van der Waals surface area contributed by atoms with Gasteiger partial charge in [0, 0.05) is 12.3 Å². The van der Waals surface area contributed by atoms with Gasteiger partial charge < -0.3 is 14.8 Å². The van der Waals surface area contributed by atoms with Gasteiger partial charge in [-0.1, -0.05) is 11.6 Å². The van der Waals surface area contributed by atoms with Crippen LogP contribution >= 0.6 is 11.6 Å². The molecule has 0 aliphatic carbocycles. The van der Waals surface area contributed by atoms with Crippen LogP contribution in [-0.4, -0.2) is 39.7 Å². The van der Waals surface area contributed by atoms with Crippen molar-refractivity contribution in [2.24, 2.45) is 0 Å². The van der Waals surface area contributed by atoms with Crippen molar-refractivity contribution in [1.29, 1.82) is 0 Å². The smallest absolute Gasteiger partial charge is 0.261 e. The van der Waals surface area contributed by atoms with Crippen LogP contribution in [0.1, 0.15) is 37.0 Å². The van der Waals surface area contributed by atoms with Crippen molar-refractivity contribution in [3.8, 4) is 5.75 Å². The molecule has 9 heteroatoms. The highest BCUT2D eigenvalue weighted by Crippen LogP contribution is 2.24. The lowest BCUT2D eigenvalue weighted by molar-refractivity contribution is 0.0712. The molecule has 0 aromatic heterocycles. The van der Waals surface area contributed by atoms with Gasteiger partial charge in [0.2, 0.25) is 0 Å². The molecule has 2 atom stereocenters. The molecule has 1 aliphatic rings. The number of halogens is 1. The quantitative estimate of drug-likeness (QED) is 0.634. The normalized spacial score (nSPS) is 17.4. The third-order valence-corrected chi connectivity index (χ3v) is 6.50. The first-order valence-electron chi connectivity index (χ1n) is 9.78. The molecule has 0 radical (unpaired) electrons. The van der Waals surface area contributed by atoms with Gasteiger partial charge in [-0.2, -0.15) is 0 Å². The first kappa shape index (κ1) is 22.4. The molecule has 2 aromatic carbocycles. The number of ether oxygens (including phenoxy) is 2. The number of nitrogens with one attached hydrogen (secondary N) is 2. The molecule has 1 fully saturated rings. The van der Waals surface area contributed by atoms with E-state index in [0.717, 1.165) is 12.8 Å². The van der Waals surface area contributed by atoms with Crippen molar-refractivity contribution in [3.63, 3.8) is 0 Å². The molecular weight excluding hydrogens is 428 g/mol. The second-order valence-corrected chi connectivity index (χ2v) is 9.11. The summed E-state index contributed by atoms with van der Waals surface area (Å²) < 4.78 is 39.0. The molecule has 30 heavy (non-hydrogen) atoms. The highest BCUT2D eigenvalue weighted by Gasteiger charge is 2.25. The van der Waals surface area contributed by atoms with Crippen LogP contribution in [-0.2, 0) is 14.8 Å². The predicted octanol–water partition coefficient (Wildman–Crippen LogP) is 3.84. The van der Waals surface area contributed by atoms with Crippen molar-refractivity contribution in [3.05, 3.63) is 53.1 Å². The predicted molar refractivity (Wildman–Crippen MR) is 116 cm³/mol. The van der Waals surface area contributed by atoms with Crippen molar-refractivity contribution in [2.75, 3.05) is 17.9 Å². The molecule has 0 bridgehead atoms. The van der Waals surface area contributed by atoms with Gasteiger partial charge >= 0.3 is 0 Å². The zero-order valence-electron chi connectivity index (χ0n) is 16.9. The number of amides is 1. The standard InChI is InChI=1S/C21H25ClN2O5S/c1-3-28-16-8-6-15(7-9-16)24-30(26,27)17-10-11-19(22)18(13-17)21(25)23-14(2)20-5-4-12-29-20/h6-11,13-14,20,24H,3-5,12H2,1-2H3,(H,23,25). The van der Waals surface area contributed by atoms with E-state index in [1.165, 1.54) is 18.2 Å². The molecule has 2 N–H and O–H groups in total. The maximum atomic E-state index is 12.8. The second-order valence-electron chi connectivity index (χ2n) is 7.02. The highest BCUT2D eigenvalue weighted by molar-refractivity contribution is 7.92. The lowest BCUT2D eigenvalue weighted by Gasteiger charge is -2.20. The van der Waals surface area contributed by atoms with Crippen molar-refractivity contribution in [2.45, 2.75) is 43.7 Å². The first-order chi connectivity index (χ1) is 14.3. The summed E-state index contributed by atoms with van der Waals surface area (Å²) in [5.74, 6) is 0.201. The summed E-state index contributed by atoms with van der Waals surface area (Å²) in [4.78, 5) is 12.6. The maximum Gasteiger partial charge on any atom is 0.261 e. The molecule has 0 saturated carbocycles. The number of carbonyl (C=O) groups excluding carboxylic acids is 1. The fourth-order valence-corrected chi connectivity index (χ4v) is 4.51. The lowest BCUT2D eigenvalue weighted by atomic mass is 10.1. The van der Waals surface area contributed by atoms with Gasteiger partial charge in [0.15, 0.2) is 0 Å². The molecule has 7 nitrogen and oxygen atoms in total. The van der Waals surface area contributed by atoms with E-state index in [2.05, 4.69) is 10.0 Å². The van der Waals surface area contributed by atoms with E-state index in [1.807, 2.05) is 13.8 Å². The van der Waals surface area contributed by atoms with E-state index in [-0.39, 0.29) is 27.6 Å². The molecule has 2 unspecified atom stereocenters. The molecule has 1 amide bonds. The van der Waals surface area contributed by atoms with Crippen LogP contribution in [0.2, 0.25) is 5.02 Å². The number of sulfonamides is 1. The number of carbonyl (C=O) groups is 1. The minimum Gasteiger partial charge on any atom is -0.494 e. The number of anilines is 1. The summed E-state index contributed by atoms with van der Waals surface area (Å²) in [6.45, 7) is 4.92. The fourth-order valence-electron chi connectivity index (χ4n) is 3.22. The van der Waals surface area contributed by atoms with Gasteiger partial charge in [0.1, 0.15) is 5.75 Å². The first-order valence-corrected chi connectivity index (χ1v) is 11.6. The number of rotatable bonds is 8. The van der Waals surface area contributed by atoms with Crippen LogP contribution in [0.15, 0.2) is 47.4 Å². The van der Waals surface area contributed by atoms with E-state index in [4.69, 9.17) is 21.1 Å². The largest absolute Gasteiger partial charge is 0.494 e. The molecule has 1 saturated heterocycles. The van der Waals surface area contributed by atoms with Gasteiger partial charge in [-0.15, -0.1) is 0 Å². The van der Waals surface area contributed by atoms with E-state index in [0.29, 0.717) is 24.7 Å². The number of hydrogen-bond acceptors (Lipinski definition) is 5. The van der Waals surface area contributed by atoms with Crippen molar-refractivity contribution >= 4 is 33.2 Å². The van der Waals surface area contributed by atoms with E-state index in [9.17, 15) is 13.2 Å². The minimum absolute atomic E-state index is 0.0547. The third-order valence-electron chi connectivity index (χ3n) is 4.79. The van der Waals surface area contributed by atoms with Gasteiger partial charge in [0.05, 0.1) is 34.2 Å². The summed E-state index contributed by atoms with van der Waals surface area (Å²) in [6, 6.07) is 10.4. The Hall–Kier alpha value is -2.29. The summed E-state index contributed by atoms with van der Waals surface area (Å²) in [6.07, 6.45) is 1.77.